The van der Waals surface area contributed by atoms with Crippen LogP contribution in [0, 0.1) is 0 Å². The Morgan fingerprint density at radius 1 is 1.47 bits per heavy atom. The van der Waals surface area contributed by atoms with Crippen LogP contribution in [0.25, 0.3) is 0 Å². The van der Waals surface area contributed by atoms with Crippen molar-refractivity contribution < 1.29 is 14.1 Å². The van der Waals surface area contributed by atoms with Gasteiger partial charge in [0.1, 0.15) is 0 Å². The van der Waals surface area contributed by atoms with E-state index in [9.17, 15) is 4.79 Å². The lowest BCUT2D eigenvalue weighted by atomic mass is 10.2. The zero-order valence-electron chi connectivity index (χ0n) is 9.33. The first-order chi connectivity index (χ1) is 8.16. The van der Waals surface area contributed by atoms with Crippen molar-refractivity contribution in [3.8, 4) is 0 Å². The molecular weight excluding hydrogens is 226 g/mol. The molecule has 0 saturated carbocycles. The number of primary amides is 1. The molecule has 0 aromatic carbocycles. The van der Waals surface area contributed by atoms with Gasteiger partial charge in [-0.25, -0.2) is 0 Å². The molecule has 94 valence electrons. The van der Waals surface area contributed by atoms with Crippen LogP contribution in [0.15, 0.2) is 4.52 Å². The summed E-state index contributed by atoms with van der Waals surface area (Å²) in [6.45, 7) is 2.70. The van der Waals surface area contributed by atoms with Crippen LogP contribution in [0.2, 0.25) is 0 Å². The number of rotatable bonds is 4. The van der Waals surface area contributed by atoms with E-state index < -0.39 is 11.9 Å². The van der Waals surface area contributed by atoms with Crippen molar-refractivity contribution in [2.45, 2.75) is 12.5 Å². The lowest BCUT2D eigenvalue weighted by molar-refractivity contribution is -0.118. The minimum atomic E-state index is -0.644. The van der Waals surface area contributed by atoms with E-state index in [2.05, 4.69) is 10.1 Å². The Morgan fingerprint density at radius 2 is 2.18 bits per heavy atom. The average molecular weight is 241 g/mol. The molecule has 1 atom stereocenters. The number of carbonyl (C=O) groups is 1. The number of nitrogens with zero attached hydrogens (tertiary/aromatic N) is 3. The van der Waals surface area contributed by atoms with Crippen molar-refractivity contribution >= 4 is 11.9 Å². The van der Waals surface area contributed by atoms with Crippen molar-refractivity contribution in [2.75, 3.05) is 31.2 Å². The number of ether oxygens (including phenoxy) is 1. The Hall–Kier alpha value is -1.67. The van der Waals surface area contributed by atoms with Crippen molar-refractivity contribution in [1.29, 1.82) is 0 Å². The van der Waals surface area contributed by atoms with Crippen LogP contribution < -0.4 is 16.4 Å². The van der Waals surface area contributed by atoms with E-state index in [1.165, 1.54) is 0 Å². The third-order valence-corrected chi connectivity index (χ3v) is 2.46. The van der Waals surface area contributed by atoms with E-state index >= 15 is 0 Å². The molecule has 1 saturated heterocycles. The summed E-state index contributed by atoms with van der Waals surface area (Å²) in [7, 11) is 0. The van der Waals surface area contributed by atoms with E-state index in [1.807, 2.05) is 4.90 Å². The molecule has 0 spiro atoms. The maximum absolute atomic E-state index is 10.7. The minimum Gasteiger partial charge on any atom is -0.378 e. The zero-order chi connectivity index (χ0) is 12.3. The summed E-state index contributed by atoms with van der Waals surface area (Å²) >= 11 is 0. The maximum atomic E-state index is 10.7. The molecule has 0 aliphatic carbocycles. The molecule has 1 aromatic rings. The predicted octanol–water partition coefficient (Wildman–Crippen LogP) is -1.22. The van der Waals surface area contributed by atoms with E-state index in [1.54, 1.807) is 0 Å². The number of carbonyl (C=O) groups excluding carboxylic acids is 1. The SMILES string of the molecule is NC(=O)C[C@H](N)c1nc(N2CCOCC2)no1. The van der Waals surface area contributed by atoms with Gasteiger partial charge in [0.25, 0.3) is 5.95 Å². The summed E-state index contributed by atoms with van der Waals surface area (Å²) < 4.78 is 10.2. The highest BCUT2D eigenvalue weighted by Crippen LogP contribution is 2.16. The molecule has 2 rings (SSSR count). The van der Waals surface area contributed by atoms with Gasteiger partial charge >= 0.3 is 0 Å². The largest absolute Gasteiger partial charge is 0.378 e. The van der Waals surface area contributed by atoms with Gasteiger partial charge in [-0.3, -0.25) is 4.79 Å². The quantitative estimate of drug-likeness (QED) is 0.677. The van der Waals surface area contributed by atoms with Gasteiger partial charge in [-0.1, -0.05) is 0 Å². The zero-order valence-corrected chi connectivity index (χ0v) is 9.33. The highest BCUT2D eigenvalue weighted by atomic mass is 16.5. The number of hydrogen-bond acceptors (Lipinski definition) is 7. The molecule has 1 amide bonds. The molecular formula is C9H15N5O3. The maximum Gasteiger partial charge on any atom is 0.266 e. The van der Waals surface area contributed by atoms with Gasteiger partial charge in [-0.15, -0.1) is 0 Å². The van der Waals surface area contributed by atoms with Crippen molar-refractivity contribution in [1.82, 2.24) is 10.1 Å². The lowest BCUT2D eigenvalue weighted by Gasteiger charge is -2.24. The van der Waals surface area contributed by atoms with Crippen molar-refractivity contribution in [3.63, 3.8) is 0 Å². The summed E-state index contributed by atoms with van der Waals surface area (Å²) in [6.07, 6.45) is -0.00918. The van der Waals surface area contributed by atoms with Gasteiger partial charge in [0, 0.05) is 13.1 Å². The predicted molar refractivity (Wildman–Crippen MR) is 58.1 cm³/mol. The van der Waals surface area contributed by atoms with E-state index in [4.69, 9.17) is 20.7 Å². The molecule has 1 aliphatic heterocycles. The van der Waals surface area contributed by atoms with Crippen molar-refractivity contribution in [2.24, 2.45) is 11.5 Å². The van der Waals surface area contributed by atoms with Gasteiger partial charge in [-0.05, 0) is 5.16 Å². The summed E-state index contributed by atoms with van der Waals surface area (Å²) in [5, 5.41) is 3.82. The summed E-state index contributed by atoms with van der Waals surface area (Å²) in [6, 6.07) is -0.644. The Morgan fingerprint density at radius 3 is 2.82 bits per heavy atom. The number of aromatic nitrogens is 2. The monoisotopic (exact) mass is 241 g/mol. The Kier molecular flexibility index (Phi) is 3.55. The number of anilines is 1. The molecule has 8 heteroatoms. The standard InChI is InChI=1S/C9H15N5O3/c10-6(5-7(11)15)8-12-9(13-17-8)14-1-3-16-4-2-14/h6H,1-5,10H2,(H2,11,15)/t6-/m0/s1. The number of morpholine rings is 1. The molecule has 1 aromatic heterocycles. The van der Waals surface area contributed by atoms with Crippen LogP contribution in [0.4, 0.5) is 5.95 Å². The molecule has 1 aliphatic rings. The first-order valence-corrected chi connectivity index (χ1v) is 5.37. The number of hydrogen-bond donors (Lipinski definition) is 2. The molecule has 1 fully saturated rings. The van der Waals surface area contributed by atoms with E-state index in [-0.39, 0.29) is 12.3 Å². The van der Waals surface area contributed by atoms with Crippen LogP contribution in [0.5, 0.6) is 0 Å². The number of nitrogens with two attached hydrogens (primary N) is 2. The summed E-state index contributed by atoms with van der Waals surface area (Å²) in [5.41, 5.74) is 10.7. The fourth-order valence-corrected chi connectivity index (χ4v) is 1.57. The van der Waals surface area contributed by atoms with Crippen LogP contribution in [0.3, 0.4) is 0 Å². The number of amides is 1. The normalized spacial score (nSPS) is 18.1. The molecule has 0 radical (unpaired) electrons. The molecule has 0 bridgehead atoms. The second kappa shape index (κ2) is 5.11. The minimum absolute atomic E-state index is 0.00918. The third-order valence-electron chi connectivity index (χ3n) is 2.46. The molecule has 4 N–H and O–H groups in total. The first-order valence-electron chi connectivity index (χ1n) is 5.37. The van der Waals surface area contributed by atoms with Crippen LogP contribution in [-0.4, -0.2) is 42.4 Å². The molecule has 0 unspecified atom stereocenters. The van der Waals surface area contributed by atoms with Gasteiger partial charge < -0.3 is 25.6 Å². The lowest BCUT2D eigenvalue weighted by Crippen LogP contribution is -2.36. The average Bonchev–Trinajstić information content (AvgIpc) is 2.78. The Bertz CT molecular complexity index is 388. The first kappa shape index (κ1) is 11.8. The Labute approximate surface area is 97.9 Å². The van der Waals surface area contributed by atoms with Crippen LogP contribution in [-0.2, 0) is 9.53 Å². The molecule has 2 heterocycles. The fraction of sp³-hybridized carbons (Fsp3) is 0.667. The van der Waals surface area contributed by atoms with E-state index in [0.717, 1.165) is 0 Å². The van der Waals surface area contributed by atoms with Crippen LogP contribution >= 0.6 is 0 Å². The third kappa shape index (κ3) is 2.92. The van der Waals surface area contributed by atoms with Crippen molar-refractivity contribution in [3.05, 3.63) is 5.89 Å². The van der Waals surface area contributed by atoms with E-state index in [0.29, 0.717) is 32.3 Å². The smallest absolute Gasteiger partial charge is 0.266 e. The summed E-state index contributed by atoms with van der Waals surface area (Å²) in [5.74, 6) is 0.206. The highest BCUT2D eigenvalue weighted by molar-refractivity contribution is 5.74. The highest BCUT2D eigenvalue weighted by Gasteiger charge is 2.21. The van der Waals surface area contributed by atoms with Gasteiger partial charge in [0.15, 0.2) is 0 Å². The van der Waals surface area contributed by atoms with Gasteiger partial charge in [0.05, 0.1) is 25.7 Å². The molecule has 17 heavy (non-hydrogen) atoms. The summed E-state index contributed by atoms with van der Waals surface area (Å²) in [4.78, 5) is 16.8. The second-order valence-corrected chi connectivity index (χ2v) is 3.81. The Balaban J connectivity index is 2.01. The van der Waals surface area contributed by atoms with Gasteiger partial charge in [-0.2, -0.15) is 4.98 Å². The fourth-order valence-electron chi connectivity index (χ4n) is 1.57. The second-order valence-electron chi connectivity index (χ2n) is 3.81. The van der Waals surface area contributed by atoms with Crippen LogP contribution in [0.1, 0.15) is 18.4 Å². The molecule has 8 nitrogen and oxygen atoms in total. The topological polar surface area (TPSA) is 120 Å². The van der Waals surface area contributed by atoms with Gasteiger partial charge in [0.2, 0.25) is 11.8 Å².